The molecule has 21 heavy (non-hydrogen) atoms. The normalized spacial score (nSPS) is 16.0. The smallest absolute Gasteiger partial charge is 0.162 e. The molecule has 6 heteroatoms. The minimum absolute atomic E-state index is 0.0852. The van der Waals surface area contributed by atoms with Crippen LogP contribution in [0.3, 0.4) is 0 Å². The van der Waals surface area contributed by atoms with E-state index in [0.29, 0.717) is 17.6 Å². The maximum absolute atomic E-state index is 9.43. The highest BCUT2D eigenvalue weighted by molar-refractivity contribution is 7.80. The fourth-order valence-electron chi connectivity index (χ4n) is 3.05. The zero-order chi connectivity index (χ0) is 15.4. The molecule has 0 atom stereocenters. The first kappa shape index (κ1) is 16.1. The van der Waals surface area contributed by atoms with Gasteiger partial charge in [-0.25, -0.2) is 0 Å². The van der Waals surface area contributed by atoms with Crippen molar-refractivity contribution in [2.75, 3.05) is 18.1 Å². The Morgan fingerprint density at radius 2 is 1.95 bits per heavy atom. The third-order valence-corrected chi connectivity index (χ3v) is 4.51. The van der Waals surface area contributed by atoms with Crippen LogP contribution in [0.5, 0.6) is 0 Å². The summed E-state index contributed by atoms with van der Waals surface area (Å²) in [6.07, 6.45) is 5.95. The Labute approximate surface area is 131 Å². The molecular formula is C15H24N4OS. The zero-order valence-electron chi connectivity index (χ0n) is 12.8. The van der Waals surface area contributed by atoms with E-state index in [9.17, 15) is 5.11 Å². The second-order valence-corrected chi connectivity index (χ2v) is 6.12. The molecule has 0 radical (unpaired) electrons. The van der Waals surface area contributed by atoms with E-state index in [1.54, 1.807) is 0 Å². The standard InChI is InChI=1S/C15H24N4OS/c1-10-11(2)17-18-15(13(10)14(16)21)19(8-9-20)12-6-4-3-5-7-12/h12,20H,3-9H2,1-2H3,(H2,16,21). The lowest BCUT2D eigenvalue weighted by molar-refractivity contribution is 0.289. The fourth-order valence-corrected chi connectivity index (χ4v) is 3.30. The molecule has 3 N–H and O–H groups in total. The van der Waals surface area contributed by atoms with Gasteiger partial charge >= 0.3 is 0 Å². The molecule has 1 aromatic heterocycles. The van der Waals surface area contributed by atoms with E-state index in [4.69, 9.17) is 18.0 Å². The molecule has 116 valence electrons. The first-order valence-electron chi connectivity index (χ1n) is 7.57. The molecule has 1 fully saturated rings. The molecule has 1 aromatic rings. The number of thiocarbonyl (C=S) groups is 1. The zero-order valence-corrected chi connectivity index (χ0v) is 13.6. The van der Waals surface area contributed by atoms with Gasteiger partial charge in [0, 0.05) is 12.6 Å². The van der Waals surface area contributed by atoms with E-state index < -0.39 is 0 Å². The van der Waals surface area contributed by atoms with E-state index in [1.165, 1.54) is 19.3 Å². The van der Waals surface area contributed by atoms with Crippen molar-refractivity contribution in [2.24, 2.45) is 5.73 Å². The van der Waals surface area contributed by atoms with Gasteiger partial charge in [0.05, 0.1) is 17.9 Å². The SMILES string of the molecule is Cc1nnc(N(CCO)C2CCCCC2)c(C(N)=S)c1C. The number of nitrogens with zero attached hydrogens (tertiary/aromatic N) is 3. The molecule has 2 rings (SSSR count). The molecule has 5 nitrogen and oxygen atoms in total. The minimum Gasteiger partial charge on any atom is -0.395 e. The summed E-state index contributed by atoms with van der Waals surface area (Å²) >= 11 is 5.22. The average Bonchev–Trinajstić information content (AvgIpc) is 2.48. The number of aliphatic hydroxyl groups excluding tert-OH is 1. The third kappa shape index (κ3) is 3.49. The minimum atomic E-state index is 0.0852. The highest BCUT2D eigenvalue weighted by Gasteiger charge is 2.26. The van der Waals surface area contributed by atoms with Crippen LogP contribution in [0, 0.1) is 13.8 Å². The highest BCUT2D eigenvalue weighted by atomic mass is 32.1. The topological polar surface area (TPSA) is 75.3 Å². The van der Waals surface area contributed by atoms with Gasteiger partial charge in [-0.15, -0.1) is 5.10 Å². The summed E-state index contributed by atoms with van der Waals surface area (Å²) in [5.74, 6) is 0.728. The Bertz CT molecular complexity index is 515. The Hall–Kier alpha value is -1.27. The van der Waals surface area contributed by atoms with Gasteiger partial charge in [-0.05, 0) is 32.3 Å². The molecule has 1 aliphatic carbocycles. The summed E-state index contributed by atoms with van der Waals surface area (Å²) in [4.78, 5) is 2.49. The number of hydrogen-bond donors (Lipinski definition) is 2. The molecular weight excluding hydrogens is 284 g/mol. The van der Waals surface area contributed by atoms with Crippen molar-refractivity contribution >= 4 is 23.0 Å². The van der Waals surface area contributed by atoms with Crippen molar-refractivity contribution in [3.63, 3.8) is 0 Å². The molecule has 0 unspecified atom stereocenters. The predicted molar refractivity (Wildman–Crippen MR) is 88.7 cm³/mol. The van der Waals surface area contributed by atoms with Crippen LogP contribution in [0.1, 0.15) is 48.9 Å². The van der Waals surface area contributed by atoms with Crippen LogP contribution >= 0.6 is 12.2 Å². The average molecular weight is 308 g/mol. The van der Waals surface area contributed by atoms with Gasteiger partial charge in [-0.1, -0.05) is 31.5 Å². The lowest BCUT2D eigenvalue weighted by atomic mass is 9.93. The number of aryl methyl sites for hydroxylation is 1. The van der Waals surface area contributed by atoms with Crippen molar-refractivity contribution in [3.8, 4) is 0 Å². The van der Waals surface area contributed by atoms with Crippen molar-refractivity contribution in [1.82, 2.24) is 10.2 Å². The van der Waals surface area contributed by atoms with Crippen LogP contribution in [0.4, 0.5) is 5.82 Å². The molecule has 1 heterocycles. The fraction of sp³-hybridized carbons (Fsp3) is 0.667. The first-order valence-corrected chi connectivity index (χ1v) is 7.98. The second-order valence-electron chi connectivity index (χ2n) is 5.68. The Balaban J connectivity index is 2.44. The van der Waals surface area contributed by atoms with Gasteiger partial charge in [0.15, 0.2) is 5.82 Å². The number of hydrogen-bond acceptors (Lipinski definition) is 5. The Morgan fingerprint density at radius 1 is 1.29 bits per heavy atom. The summed E-state index contributed by atoms with van der Waals surface area (Å²) in [5.41, 5.74) is 8.54. The van der Waals surface area contributed by atoms with E-state index in [1.807, 2.05) is 13.8 Å². The molecule has 0 amide bonds. The molecule has 0 saturated heterocycles. The number of aliphatic hydroxyl groups is 1. The van der Waals surface area contributed by atoms with Crippen molar-refractivity contribution in [1.29, 1.82) is 0 Å². The first-order chi connectivity index (χ1) is 10.1. The molecule has 0 aromatic carbocycles. The predicted octanol–water partition coefficient (Wildman–Crippen LogP) is 1.86. The maximum atomic E-state index is 9.43. The third-order valence-electron chi connectivity index (χ3n) is 4.31. The largest absolute Gasteiger partial charge is 0.395 e. The van der Waals surface area contributed by atoms with E-state index in [-0.39, 0.29) is 6.61 Å². The molecule has 0 bridgehead atoms. The summed E-state index contributed by atoms with van der Waals surface area (Å²) < 4.78 is 0. The van der Waals surface area contributed by atoms with Gasteiger partial charge in [0.1, 0.15) is 4.99 Å². The Kier molecular flexibility index (Phi) is 5.47. The maximum Gasteiger partial charge on any atom is 0.162 e. The highest BCUT2D eigenvalue weighted by Crippen LogP contribution is 2.29. The number of nitrogens with two attached hydrogens (primary N) is 1. The van der Waals surface area contributed by atoms with Gasteiger partial charge in [0.2, 0.25) is 0 Å². The lowest BCUT2D eigenvalue weighted by Crippen LogP contribution is -2.41. The summed E-state index contributed by atoms with van der Waals surface area (Å²) in [6, 6.07) is 0.385. The monoisotopic (exact) mass is 308 g/mol. The van der Waals surface area contributed by atoms with Crippen molar-refractivity contribution in [2.45, 2.75) is 52.0 Å². The van der Waals surface area contributed by atoms with Gasteiger partial charge in [-0.3, -0.25) is 0 Å². The number of anilines is 1. The summed E-state index contributed by atoms with van der Waals surface area (Å²) in [6.45, 7) is 4.50. The van der Waals surface area contributed by atoms with E-state index >= 15 is 0 Å². The van der Waals surface area contributed by atoms with Crippen molar-refractivity contribution in [3.05, 3.63) is 16.8 Å². The van der Waals surface area contributed by atoms with Crippen molar-refractivity contribution < 1.29 is 5.11 Å². The van der Waals surface area contributed by atoms with Crippen LogP contribution in [0.2, 0.25) is 0 Å². The quantitative estimate of drug-likeness (QED) is 0.809. The summed E-state index contributed by atoms with van der Waals surface area (Å²) in [7, 11) is 0. The van der Waals surface area contributed by atoms with Gasteiger partial charge in [0.25, 0.3) is 0 Å². The lowest BCUT2D eigenvalue weighted by Gasteiger charge is -2.35. The molecule has 0 aliphatic heterocycles. The van der Waals surface area contributed by atoms with E-state index in [2.05, 4.69) is 15.1 Å². The molecule has 0 spiro atoms. The molecule has 1 saturated carbocycles. The van der Waals surface area contributed by atoms with Crippen LogP contribution in [-0.4, -0.2) is 39.5 Å². The molecule has 1 aliphatic rings. The Morgan fingerprint density at radius 3 is 2.52 bits per heavy atom. The van der Waals surface area contributed by atoms with Crippen LogP contribution < -0.4 is 10.6 Å². The van der Waals surface area contributed by atoms with Crippen LogP contribution in [0.15, 0.2) is 0 Å². The van der Waals surface area contributed by atoms with E-state index in [0.717, 1.165) is 35.5 Å². The summed E-state index contributed by atoms with van der Waals surface area (Å²) in [5, 5.41) is 18.0. The van der Waals surface area contributed by atoms with Crippen LogP contribution in [-0.2, 0) is 0 Å². The van der Waals surface area contributed by atoms with Crippen LogP contribution in [0.25, 0.3) is 0 Å². The number of rotatable bonds is 5. The van der Waals surface area contributed by atoms with Gasteiger partial charge in [-0.2, -0.15) is 5.10 Å². The van der Waals surface area contributed by atoms with Gasteiger partial charge < -0.3 is 15.7 Å². The second kappa shape index (κ2) is 7.13. The number of aromatic nitrogens is 2.